The molecule has 1 fully saturated rings. The van der Waals surface area contributed by atoms with E-state index in [2.05, 4.69) is 75.7 Å². The molecule has 1 aliphatic heterocycles. The van der Waals surface area contributed by atoms with Crippen molar-refractivity contribution in [1.82, 2.24) is 0 Å². The number of nitrogens with two attached hydrogens (primary N) is 1. The Bertz CT molecular complexity index is 634. The summed E-state index contributed by atoms with van der Waals surface area (Å²) in [6.07, 6.45) is 0. The van der Waals surface area contributed by atoms with Crippen LogP contribution in [-0.2, 0) is 0 Å². The Balaban J connectivity index is 1.70. The van der Waals surface area contributed by atoms with Crippen molar-refractivity contribution in [2.45, 2.75) is 6.92 Å². The molecule has 1 heterocycles. The van der Waals surface area contributed by atoms with Gasteiger partial charge in [0.15, 0.2) is 0 Å². The van der Waals surface area contributed by atoms with E-state index in [0.717, 1.165) is 31.9 Å². The Morgan fingerprint density at radius 3 is 2.33 bits per heavy atom. The second kappa shape index (κ2) is 6.13. The maximum Gasteiger partial charge on any atom is 0.0601 e. The summed E-state index contributed by atoms with van der Waals surface area (Å²) in [4.78, 5) is 4.84. The number of hydrogen-bond acceptors (Lipinski definition) is 3. The van der Waals surface area contributed by atoms with Gasteiger partial charge in [0.05, 0.1) is 11.4 Å². The molecule has 0 radical (unpaired) electrons. The third kappa shape index (κ3) is 3.26. The van der Waals surface area contributed by atoms with E-state index in [0.29, 0.717) is 0 Å². The summed E-state index contributed by atoms with van der Waals surface area (Å²) in [6, 6.07) is 15.0. The molecule has 0 spiro atoms. The summed E-state index contributed by atoms with van der Waals surface area (Å²) in [5.74, 6) is 0. The van der Waals surface area contributed by atoms with Crippen molar-refractivity contribution in [2.75, 3.05) is 41.7 Å². The van der Waals surface area contributed by atoms with Crippen LogP contribution in [0.4, 0.5) is 17.1 Å². The zero-order valence-electron chi connectivity index (χ0n) is 12.2. The molecule has 1 aliphatic rings. The fourth-order valence-electron chi connectivity index (χ4n) is 2.84. The Morgan fingerprint density at radius 2 is 1.67 bits per heavy atom. The first-order valence-corrected chi connectivity index (χ1v) is 8.33. The summed E-state index contributed by atoms with van der Waals surface area (Å²) in [6.45, 7) is 6.24. The maximum absolute atomic E-state index is 6.16. The van der Waals surface area contributed by atoms with Gasteiger partial charge in [0.25, 0.3) is 0 Å². The zero-order valence-corrected chi connectivity index (χ0v) is 14.4. The number of nitrogens with zero attached hydrogens (tertiary/aromatic N) is 2. The zero-order chi connectivity index (χ0) is 14.8. The summed E-state index contributed by atoms with van der Waals surface area (Å²) in [5.41, 5.74) is 10.8. The molecular formula is C17H20IN3. The van der Waals surface area contributed by atoms with Crippen LogP contribution in [0.2, 0.25) is 0 Å². The topological polar surface area (TPSA) is 32.5 Å². The third-order valence-corrected chi connectivity index (χ3v) is 4.65. The highest BCUT2D eigenvalue weighted by Crippen LogP contribution is 2.27. The first-order chi connectivity index (χ1) is 10.1. The summed E-state index contributed by atoms with van der Waals surface area (Å²) >= 11 is 2.30. The van der Waals surface area contributed by atoms with Gasteiger partial charge in [-0.25, -0.2) is 0 Å². The van der Waals surface area contributed by atoms with Gasteiger partial charge in [-0.15, -0.1) is 0 Å². The Hall–Kier alpha value is -1.43. The van der Waals surface area contributed by atoms with Crippen LogP contribution >= 0.6 is 22.6 Å². The summed E-state index contributed by atoms with van der Waals surface area (Å²) in [5, 5.41) is 0. The molecule has 0 unspecified atom stereocenters. The fraction of sp³-hybridized carbons (Fsp3) is 0.294. The van der Waals surface area contributed by atoms with E-state index in [9.17, 15) is 0 Å². The van der Waals surface area contributed by atoms with E-state index in [-0.39, 0.29) is 0 Å². The van der Waals surface area contributed by atoms with E-state index >= 15 is 0 Å². The molecule has 0 saturated carbocycles. The van der Waals surface area contributed by atoms with Crippen LogP contribution in [-0.4, -0.2) is 26.2 Å². The highest BCUT2D eigenvalue weighted by atomic mass is 127. The van der Waals surface area contributed by atoms with Crippen LogP contribution in [0.1, 0.15) is 5.56 Å². The number of hydrogen-bond donors (Lipinski definition) is 1. The molecule has 0 aliphatic carbocycles. The minimum absolute atomic E-state index is 0.880. The van der Waals surface area contributed by atoms with Crippen molar-refractivity contribution < 1.29 is 0 Å². The first-order valence-electron chi connectivity index (χ1n) is 7.25. The van der Waals surface area contributed by atoms with Crippen LogP contribution in [0.25, 0.3) is 0 Å². The highest BCUT2D eigenvalue weighted by molar-refractivity contribution is 14.1. The fourth-order valence-corrected chi connectivity index (χ4v) is 3.36. The van der Waals surface area contributed by atoms with Crippen molar-refractivity contribution in [1.29, 1.82) is 0 Å². The van der Waals surface area contributed by atoms with Crippen LogP contribution in [0.5, 0.6) is 0 Å². The molecule has 2 aromatic carbocycles. The maximum atomic E-state index is 6.16. The lowest BCUT2D eigenvalue weighted by atomic mass is 10.1. The van der Waals surface area contributed by atoms with Gasteiger partial charge < -0.3 is 15.5 Å². The number of halogens is 1. The van der Waals surface area contributed by atoms with Crippen LogP contribution in [0.15, 0.2) is 42.5 Å². The Kier molecular flexibility index (Phi) is 4.24. The number of rotatable bonds is 2. The van der Waals surface area contributed by atoms with Gasteiger partial charge in [-0.2, -0.15) is 0 Å². The predicted molar refractivity (Wildman–Crippen MR) is 99.2 cm³/mol. The summed E-state index contributed by atoms with van der Waals surface area (Å²) in [7, 11) is 0. The second-order valence-corrected chi connectivity index (χ2v) is 6.76. The first kappa shape index (κ1) is 14.5. The van der Waals surface area contributed by atoms with Crippen molar-refractivity contribution in [2.24, 2.45) is 0 Å². The molecule has 21 heavy (non-hydrogen) atoms. The average Bonchev–Trinajstić information content (AvgIpc) is 2.47. The Labute approximate surface area is 139 Å². The van der Waals surface area contributed by atoms with Crippen molar-refractivity contribution in [3.05, 3.63) is 51.6 Å². The summed E-state index contributed by atoms with van der Waals surface area (Å²) < 4.78 is 1.19. The highest BCUT2D eigenvalue weighted by Gasteiger charge is 2.19. The molecule has 0 aromatic heterocycles. The van der Waals surface area contributed by atoms with E-state index in [1.54, 1.807) is 0 Å². The van der Waals surface area contributed by atoms with Gasteiger partial charge >= 0.3 is 0 Å². The SMILES string of the molecule is Cc1cccc(N2CCN(c3ccc(I)cc3N)CC2)c1. The molecule has 4 heteroatoms. The molecule has 0 atom stereocenters. The van der Waals surface area contributed by atoms with Gasteiger partial charge in [0.2, 0.25) is 0 Å². The standard InChI is InChI=1S/C17H20IN3/c1-13-3-2-4-15(11-13)20-7-9-21(10-8-20)17-6-5-14(18)12-16(17)19/h2-6,11-12H,7-10,19H2,1H3. The lowest BCUT2D eigenvalue weighted by Gasteiger charge is -2.38. The Morgan fingerprint density at radius 1 is 0.952 bits per heavy atom. The minimum atomic E-state index is 0.880. The number of anilines is 3. The normalized spacial score (nSPS) is 15.3. The lowest BCUT2D eigenvalue weighted by molar-refractivity contribution is 0.654. The van der Waals surface area contributed by atoms with E-state index in [4.69, 9.17) is 5.73 Å². The van der Waals surface area contributed by atoms with Crippen molar-refractivity contribution in [3.63, 3.8) is 0 Å². The van der Waals surface area contributed by atoms with Crippen LogP contribution < -0.4 is 15.5 Å². The number of piperazine rings is 1. The quantitative estimate of drug-likeness (QED) is 0.626. The smallest absolute Gasteiger partial charge is 0.0601 e. The lowest BCUT2D eigenvalue weighted by Crippen LogP contribution is -2.46. The van der Waals surface area contributed by atoms with Gasteiger partial charge in [0.1, 0.15) is 0 Å². The van der Waals surface area contributed by atoms with Crippen LogP contribution in [0.3, 0.4) is 0 Å². The van der Waals surface area contributed by atoms with Gasteiger partial charge in [0, 0.05) is 35.4 Å². The molecule has 0 bridgehead atoms. The van der Waals surface area contributed by atoms with Gasteiger partial charge in [-0.05, 0) is 65.4 Å². The van der Waals surface area contributed by atoms with Crippen molar-refractivity contribution >= 4 is 39.7 Å². The predicted octanol–water partition coefficient (Wildman–Crippen LogP) is 3.51. The van der Waals surface area contributed by atoms with Gasteiger partial charge in [-0.3, -0.25) is 0 Å². The third-order valence-electron chi connectivity index (χ3n) is 3.98. The minimum Gasteiger partial charge on any atom is -0.397 e. The molecule has 1 saturated heterocycles. The largest absolute Gasteiger partial charge is 0.397 e. The average molecular weight is 393 g/mol. The van der Waals surface area contributed by atoms with E-state index in [1.807, 2.05) is 6.07 Å². The monoisotopic (exact) mass is 393 g/mol. The van der Waals surface area contributed by atoms with Gasteiger partial charge in [-0.1, -0.05) is 12.1 Å². The molecule has 2 aromatic rings. The van der Waals surface area contributed by atoms with Crippen LogP contribution in [0, 0.1) is 10.5 Å². The molecule has 2 N–H and O–H groups in total. The number of nitrogen functional groups attached to an aromatic ring is 1. The number of aryl methyl sites for hydroxylation is 1. The molecule has 3 rings (SSSR count). The molecule has 3 nitrogen and oxygen atoms in total. The molecule has 0 amide bonds. The second-order valence-electron chi connectivity index (χ2n) is 5.52. The van der Waals surface area contributed by atoms with E-state index in [1.165, 1.54) is 20.5 Å². The van der Waals surface area contributed by atoms with Crippen molar-refractivity contribution in [3.8, 4) is 0 Å². The molecular weight excluding hydrogens is 373 g/mol. The van der Waals surface area contributed by atoms with E-state index < -0.39 is 0 Å². The molecule has 110 valence electrons. The number of benzene rings is 2.